The molecule has 0 fully saturated rings. The summed E-state index contributed by atoms with van der Waals surface area (Å²) in [6.07, 6.45) is 0.852. The topological polar surface area (TPSA) is 68.0 Å². The van der Waals surface area contributed by atoms with Gasteiger partial charge in [0.2, 0.25) is 0 Å². The Balaban J connectivity index is 1.77. The number of fused-ring (bicyclic) bond motifs is 2. The molecule has 0 radical (unpaired) electrons. The van der Waals surface area contributed by atoms with Gasteiger partial charge in [0.25, 0.3) is 5.91 Å². The van der Waals surface area contributed by atoms with E-state index < -0.39 is 0 Å². The third-order valence-corrected chi connectivity index (χ3v) is 5.64. The smallest absolute Gasteiger partial charge is 0.267 e. The van der Waals surface area contributed by atoms with Crippen LogP contribution in [0.3, 0.4) is 0 Å². The van der Waals surface area contributed by atoms with Crippen LogP contribution in [0.2, 0.25) is 0 Å². The molecule has 4 rings (SSSR count). The first kappa shape index (κ1) is 16.5. The van der Waals surface area contributed by atoms with Gasteiger partial charge in [-0.2, -0.15) is 0 Å². The fraction of sp³-hybridized carbons (Fsp3) is 0.143. The number of carbonyl (C=O) groups excluding carboxylic acids is 1. The van der Waals surface area contributed by atoms with E-state index in [1.54, 1.807) is 0 Å². The molecule has 0 aliphatic rings. The van der Waals surface area contributed by atoms with Crippen LogP contribution in [0, 0.1) is 6.92 Å². The van der Waals surface area contributed by atoms with Gasteiger partial charge in [-0.05, 0) is 43.2 Å². The summed E-state index contributed by atoms with van der Waals surface area (Å²) in [5, 5.41) is 4.86. The predicted octanol–water partition coefficient (Wildman–Crippen LogP) is 5.15. The first-order valence-electron chi connectivity index (χ1n) is 8.55. The molecule has 26 heavy (non-hydrogen) atoms. The zero-order valence-electron chi connectivity index (χ0n) is 14.7. The molecule has 5 heteroatoms. The van der Waals surface area contributed by atoms with Gasteiger partial charge in [0.05, 0.1) is 11.2 Å². The lowest BCUT2D eigenvalue weighted by Crippen LogP contribution is -2.13. The minimum atomic E-state index is -0.188. The van der Waals surface area contributed by atoms with Gasteiger partial charge in [0.1, 0.15) is 9.71 Å². The summed E-state index contributed by atoms with van der Waals surface area (Å²) >= 11 is 1.34. The SMILES string of the molecule is CCc1ccccc1NC(=O)c1sc2nc3ccc(C)cc3cc2c1N. The average molecular weight is 361 g/mol. The highest BCUT2D eigenvalue weighted by Crippen LogP contribution is 2.35. The van der Waals surface area contributed by atoms with Crippen LogP contribution in [0.1, 0.15) is 27.7 Å². The molecule has 0 spiro atoms. The molecule has 0 unspecified atom stereocenters. The summed E-state index contributed by atoms with van der Waals surface area (Å²) in [4.78, 5) is 18.8. The van der Waals surface area contributed by atoms with Gasteiger partial charge >= 0.3 is 0 Å². The highest BCUT2D eigenvalue weighted by Gasteiger charge is 2.18. The maximum absolute atomic E-state index is 12.8. The van der Waals surface area contributed by atoms with Gasteiger partial charge in [0, 0.05) is 16.5 Å². The number of amides is 1. The molecule has 0 bridgehead atoms. The number of benzene rings is 2. The highest BCUT2D eigenvalue weighted by atomic mass is 32.1. The molecular weight excluding hydrogens is 342 g/mol. The lowest BCUT2D eigenvalue weighted by atomic mass is 10.1. The number of hydrogen-bond acceptors (Lipinski definition) is 4. The van der Waals surface area contributed by atoms with Crippen molar-refractivity contribution in [3.8, 4) is 0 Å². The normalized spacial score (nSPS) is 11.2. The maximum atomic E-state index is 12.8. The van der Waals surface area contributed by atoms with E-state index in [4.69, 9.17) is 5.73 Å². The van der Waals surface area contributed by atoms with Crippen LogP contribution in [-0.2, 0) is 6.42 Å². The van der Waals surface area contributed by atoms with Crippen molar-refractivity contribution < 1.29 is 4.79 Å². The number of thiophene rings is 1. The van der Waals surface area contributed by atoms with E-state index in [-0.39, 0.29) is 5.91 Å². The van der Waals surface area contributed by atoms with E-state index in [2.05, 4.69) is 23.3 Å². The summed E-state index contributed by atoms with van der Waals surface area (Å²) in [5.41, 5.74) is 10.8. The van der Waals surface area contributed by atoms with Crippen molar-refractivity contribution in [1.29, 1.82) is 0 Å². The van der Waals surface area contributed by atoms with Crippen LogP contribution >= 0.6 is 11.3 Å². The van der Waals surface area contributed by atoms with Crippen LogP contribution in [0.25, 0.3) is 21.1 Å². The molecule has 0 aliphatic heterocycles. The number of anilines is 2. The van der Waals surface area contributed by atoms with E-state index in [1.807, 2.05) is 49.4 Å². The third kappa shape index (κ3) is 2.80. The largest absolute Gasteiger partial charge is 0.397 e. The van der Waals surface area contributed by atoms with Crippen LogP contribution in [0.15, 0.2) is 48.5 Å². The Morgan fingerprint density at radius 1 is 1.19 bits per heavy atom. The van der Waals surface area contributed by atoms with Gasteiger partial charge in [0.15, 0.2) is 0 Å². The summed E-state index contributed by atoms with van der Waals surface area (Å²) in [6, 6.07) is 15.9. The molecule has 0 aliphatic carbocycles. The number of nitrogen functional groups attached to an aromatic ring is 1. The fourth-order valence-corrected chi connectivity index (χ4v) is 4.10. The van der Waals surface area contributed by atoms with Gasteiger partial charge in [-0.15, -0.1) is 11.3 Å². The Labute approximate surface area is 155 Å². The van der Waals surface area contributed by atoms with Crippen molar-refractivity contribution in [3.63, 3.8) is 0 Å². The van der Waals surface area contributed by atoms with Crippen molar-refractivity contribution >= 4 is 49.7 Å². The van der Waals surface area contributed by atoms with Crippen LogP contribution < -0.4 is 11.1 Å². The summed E-state index contributed by atoms with van der Waals surface area (Å²) < 4.78 is 0. The highest BCUT2D eigenvalue weighted by molar-refractivity contribution is 7.21. The maximum Gasteiger partial charge on any atom is 0.267 e. The van der Waals surface area contributed by atoms with Crippen molar-refractivity contribution in [2.24, 2.45) is 0 Å². The molecule has 4 aromatic rings. The van der Waals surface area contributed by atoms with Gasteiger partial charge in [-0.1, -0.05) is 36.8 Å². The number of pyridine rings is 1. The second-order valence-corrected chi connectivity index (χ2v) is 7.35. The van der Waals surface area contributed by atoms with E-state index in [9.17, 15) is 4.79 Å². The number of hydrogen-bond donors (Lipinski definition) is 2. The number of nitrogens with two attached hydrogens (primary N) is 1. The van der Waals surface area contributed by atoms with Gasteiger partial charge < -0.3 is 11.1 Å². The summed E-state index contributed by atoms with van der Waals surface area (Å²) in [7, 11) is 0. The molecule has 2 aromatic carbocycles. The Morgan fingerprint density at radius 2 is 2.00 bits per heavy atom. The van der Waals surface area contributed by atoms with Gasteiger partial charge in [-0.3, -0.25) is 4.79 Å². The van der Waals surface area contributed by atoms with E-state index in [1.165, 1.54) is 16.9 Å². The average Bonchev–Trinajstić information content (AvgIpc) is 2.96. The Bertz CT molecular complexity index is 1150. The van der Waals surface area contributed by atoms with E-state index in [0.717, 1.165) is 38.8 Å². The lowest BCUT2D eigenvalue weighted by Gasteiger charge is -2.09. The first-order valence-corrected chi connectivity index (χ1v) is 9.37. The first-order chi connectivity index (χ1) is 12.6. The summed E-state index contributed by atoms with van der Waals surface area (Å²) in [6.45, 7) is 4.11. The molecular formula is C21H19N3OS. The number of rotatable bonds is 3. The Kier molecular flexibility index (Phi) is 4.09. The number of aromatic nitrogens is 1. The molecule has 1 amide bonds. The second-order valence-electron chi connectivity index (χ2n) is 6.35. The molecule has 0 atom stereocenters. The molecule has 0 saturated heterocycles. The van der Waals surface area contributed by atoms with Crippen LogP contribution in [0.4, 0.5) is 11.4 Å². The standard InChI is InChI=1S/C21H19N3OS/c1-3-13-6-4-5-7-16(13)23-20(25)19-18(22)15-11-14-10-12(2)8-9-17(14)24-21(15)26-19/h4-11H,3,22H2,1-2H3,(H,23,25). The number of aryl methyl sites for hydroxylation is 2. The zero-order valence-corrected chi connectivity index (χ0v) is 15.5. The molecule has 130 valence electrons. The van der Waals surface area contributed by atoms with Crippen LogP contribution in [0.5, 0.6) is 0 Å². The molecule has 0 saturated carbocycles. The minimum absolute atomic E-state index is 0.188. The summed E-state index contributed by atoms with van der Waals surface area (Å²) in [5.74, 6) is -0.188. The quantitative estimate of drug-likeness (QED) is 0.530. The molecule has 2 aromatic heterocycles. The predicted molar refractivity (Wildman–Crippen MR) is 110 cm³/mol. The lowest BCUT2D eigenvalue weighted by molar-refractivity contribution is 0.103. The van der Waals surface area contributed by atoms with Crippen molar-refractivity contribution in [2.75, 3.05) is 11.1 Å². The molecule has 3 N–H and O–H groups in total. The minimum Gasteiger partial charge on any atom is -0.397 e. The third-order valence-electron chi connectivity index (χ3n) is 4.52. The van der Waals surface area contributed by atoms with Crippen molar-refractivity contribution in [1.82, 2.24) is 4.98 Å². The van der Waals surface area contributed by atoms with Crippen molar-refractivity contribution in [2.45, 2.75) is 20.3 Å². The number of nitrogens with one attached hydrogen (secondary N) is 1. The number of para-hydroxylation sites is 1. The number of carbonyl (C=O) groups is 1. The zero-order chi connectivity index (χ0) is 18.3. The van der Waals surface area contributed by atoms with E-state index >= 15 is 0 Å². The fourth-order valence-electron chi connectivity index (χ4n) is 3.12. The second kappa shape index (κ2) is 6.42. The van der Waals surface area contributed by atoms with Crippen LogP contribution in [-0.4, -0.2) is 10.9 Å². The number of nitrogens with zero attached hydrogens (tertiary/aromatic N) is 1. The Morgan fingerprint density at radius 3 is 2.81 bits per heavy atom. The molecule has 4 nitrogen and oxygen atoms in total. The van der Waals surface area contributed by atoms with Gasteiger partial charge in [-0.25, -0.2) is 4.98 Å². The Hall–Kier alpha value is -2.92. The van der Waals surface area contributed by atoms with Crippen molar-refractivity contribution in [3.05, 3.63) is 64.5 Å². The molecule has 2 heterocycles. The van der Waals surface area contributed by atoms with E-state index in [0.29, 0.717) is 10.6 Å². The monoisotopic (exact) mass is 361 g/mol.